The summed E-state index contributed by atoms with van der Waals surface area (Å²) in [5, 5.41) is 15.6. The molecule has 0 saturated carbocycles. The van der Waals surface area contributed by atoms with Gasteiger partial charge in [0.05, 0.1) is 6.17 Å². The summed E-state index contributed by atoms with van der Waals surface area (Å²) in [5.74, 6) is 0.0933. The SMILES string of the molecule is CCCCCCCCCCCCCCCC(=O)NC(CC)NC(O)CC. The van der Waals surface area contributed by atoms with Crippen LogP contribution in [-0.4, -0.2) is 23.4 Å². The molecule has 0 heterocycles. The van der Waals surface area contributed by atoms with Gasteiger partial charge in [-0.1, -0.05) is 97.8 Å². The Balaban J connectivity index is 3.39. The summed E-state index contributed by atoms with van der Waals surface area (Å²) in [6.45, 7) is 6.19. The fraction of sp³-hybridized carbons (Fsp3) is 0.955. The number of amides is 1. The van der Waals surface area contributed by atoms with Crippen molar-refractivity contribution in [3.63, 3.8) is 0 Å². The quantitative estimate of drug-likeness (QED) is 0.204. The summed E-state index contributed by atoms with van der Waals surface area (Å²) in [5.41, 5.74) is 0. The Morgan fingerprint density at radius 1 is 0.731 bits per heavy atom. The zero-order valence-electron chi connectivity index (χ0n) is 17.8. The number of carbonyl (C=O) groups excluding carboxylic acids is 1. The van der Waals surface area contributed by atoms with Gasteiger partial charge in [0.1, 0.15) is 6.23 Å². The molecular weight excluding hydrogens is 324 g/mol. The van der Waals surface area contributed by atoms with Crippen LogP contribution in [0, 0.1) is 0 Å². The van der Waals surface area contributed by atoms with Crippen molar-refractivity contribution < 1.29 is 9.90 Å². The van der Waals surface area contributed by atoms with Crippen molar-refractivity contribution in [1.29, 1.82) is 0 Å². The smallest absolute Gasteiger partial charge is 0.221 e. The average molecular weight is 371 g/mol. The Labute approximate surface area is 162 Å². The molecule has 0 aliphatic heterocycles. The van der Waals surface area contributed by atoms with Gasteiger partial charge >= 0.3 is 0 Å². The minimum atomic E-state index is -0.545. The van der Waals surface area contributed by atoms with Gasteiger partial charge in [-0.2, -0.15) is 0 Å². The third-order valence-electron chi connectivity index (χ3n) is 5.03. The van der Waals surface area contributed by atoms with Gasteiger partial charge in [0, 0.05) is 6.42 Å². The van der Waals surface area contributed by atoms with Crippen molar-refractivity contribution >= 4 is 5.91 Å². The van der Waals surface area contributed by atoms with E-state index in [1.165, 1.54) is 70.6 Å². The van der Waals surface area contributed by atoms with Crippen LogP contribution in [0.3, 0.4) is 0 Å². The van der Waals surface area contributed by atoms with Gasteiger partial charge in [0.15, 0.2) is 0 Å². The monoisotopic (exact) mass is 370 g/mol. The Hall–Kier alpha value is -0.610. The van der Waals surface area contributed by atoms with Crippen molar-refractivity contribution in [2.45, 2.75) is 136 Å². The van der Waals surface area contributed by atoms with Crippen LogP contribution in [0.15, 0.2) is 0 Å². The Morgan fingerprint density at radius 3 is 1.62 bits per heavy atom. The molecular formula is C22H46N2O2. The summed E-state index contributed by atoms with van der Waals surface area (Å²) in [7, 11) is 0. The maximum atomic E-state index is 12.0. The highest BCUT2D eigenvalue weighted by molar-refractivity contribution is 5.76. The van der Waals surface area contributed by atoms with Gasteiger partial charge in [0.2, 0.25) is 5.91 Å². The molecule has 156 valence electrons. The summed E-state index contributed by atoms with van der Waals surface area (Å²) in [4.78, 5) is 12.0. The third kappa shape index (κ3) is 16.8. The summed E-state index contributed by atoms with van der Waals surface area (Å²) < 4.78 is 0. The zero-order chi connectivity index (χ0) is 19.5. The van der Waals surface area contributed by atoms with E-state index in [2.05, 4.69) is 17.6 Å². The van der Waals surface area contributed by atoms with Crippen molar-refractivity contribution in [3.8, 4) is 0 Å². The molecule has 0 rings (SSSR count). The van der Waals surface area contributed by atoms with E-state index in [0.717, 1.165) is 19.3 Å². The Morgan fingerprint density at radius 2 is 1.19 bits per heavy atom. The minimum Gasteiger partial charge on any atom is -0.379 e. The molecule has 0 saturated heterocycles. The van der Waals surface area contributed by atoms with Crippen LogP contribution in [0.1, 0.15) is 124 Å². The van der Waals surface area contributed by atoms with Gasteiger partial charge in [-0.05, 0) is 19.3 Å². The van der Waals surface area contributed by atoms with Gasteiger partial charge in [-0.3, -0.25) is 10.1 Å². The Kier molecular flexibility index (Phi) is 18.7. The van der Waals surface area contributed by atoms with Crippen LogP contribution in [0.5, 0.6) is 0 Å². The molecule has 0 bridgehead atoms. The van der Waals surface area contributed by atoms with Gasteiger partial charge in [-0.25, -0.2) is 0 Å². The van der Waals surface area contributed by atoms with Crippen molar-refractivity contribution in [3.05, 3.63) is 0 Å². The van der Waals surface area contributed by atoms with Crippen LogP contribution in [0.2, 0.25) is 0 Å². The summed E-state index contributed by atoms with van der Waals surface area (Å²) in [6, 6.07) is 0. The molecule has 0 radical (unpaired) electrons. The van der Waals surface area contributed by atoms with E-state index in [-0.39, 0.29) is 12.1 Å². The zero-order valence-corrected chi connectivity index (χ0v) is 17.8. The second kappa shape index (κ2) is 19.2. The van der Waals surface area contributed by atoms with E-state index in [1.807, 2.05) is 13.8 Å². The molecule has 1 amide bonds. The maximum absolute atomic E-state index is 12.0. The maximum Gasteiger partial charge on any atom is 0.221 e. The normalized spacial score (nSPS) is 13.5. The first-order chi connectivity index (χ1) is 12.6. The largest absolute Gasteiger partial charge is 0.379 e. The van der Waals surface area contributed by atoms with Crippen molar-refractivity contribution in [2.75, 3.05) is 0 Å². The average Bonchev–Trinajstić information content (AvgIpc) is 2.64. The van der Waals surface area contributed by atoms with Crippen LogP contribution in [0.25, 0.3) is 0 Å². The topological polar surface area (TPSA) is 61.4 Å². The molecule has 4 heteroatoms. The lowest BCUT2D eigenvalue weighted by Gasteiger charge is -2.21. The molecule has 0 aromatic rings. The number of rotatable bonds is 19. The van der Waals surface area contributed by atoms with Crippen molar-refractivity contribution in [1.82, 2.24) is 10.6 Å². The number of aliphatic hydroxyl groups excluding tert-OH is 1. The molecule has 3 N–H and O–H groups in total. The van der Waals surface area contributed by atoms with Crippen LogP contribution in [-0.2, 0) is 4.79 Å². The molecule has 2 atom stereocenters. The fourth-order valence-corrected chi connectivity index (χ4v) is 3.18. The predicted molar refractivity (Wildman–Crippen MR) is 112 cm³/mol. The predicted octanol–water partition coefficient (Wildman–Crippen LogP) is 5.64. The van der Waals surface area contributed by atoms with Gasteiger partial charge in [0.25, 0.3) is 0 Å². The number of hydrogen-bond donors (Lipinski definition) is 3. The number of hydrogen-bond acceptors (Lipinski definition) is 3. The molecule has 26 heavy (non-hydrogen) atoms. The number of aliphatic hydroxyl groups is 1. The lowest BCUT2D eigenvalue weighted by atomic mass is 10.0. The van der Waals surface area contributed by atoms with Crippen LogP contribution >= 0.6 is 0 Å². The first-order valence-corrected chi connectivity index (χ1v) is 11.4. The molecule has 2 unspecified atom stereocenters. The molecule has 0 aliphatic rings. The highest BCUT2D eigenvalue weighted by Crippen LogP contribution is 2.12. The molecule has 0 aromatic carbocycles. The number of unbranched alkanes of at least 4 members (excludes halogenated alkanes) is 12. The van der Waals surface area contributed by atoms with Crippen molar-refractivity contribution in [2.24, 2.45) is 0 Å². The van der Waals surface area contributed by atoms with E-state index >= 15 is 0 Å². The lowest BCUT2D eigenvalue weighted by Crippen LogP contribution is -2.49. The van der Waals surface area contributed by atoms with E-state index in [4.69, 9.17) is 0 Å². The summed E-state index contributed by atoms with van der Waals surface area (Å²) in [6.07, 6.45) is 18.5. The number of carbonyl (C=O) groups is 1. The lowest BCUT2D eigenvalue weighted by molar-refractivity contribution is -0.122. The van der Waals surface area contributed by atoms with Gasteiger partial charge < -0.3 is 10.4 Å². The van der Waals surface area contributed by atoms with Crippen LogP contribution < -0.4 is 10.6 Å². The number of nitrogens with one attached hydrogen (secondary N) is 2. The second-order valence-electron chi connectivity index (χ2n) is 7.61. The van der Waals surface area contributed by atoms with Crippen LogP contribution in [0.4, 0.5) is 0 Å². The third-order valence-corrected chi connectivity index (χ3v) is 5.03. The standard InChI is InChI=1S/C22H46N2O2/c1-4-7-8-9-10-11-12-13-14-15-16-17-18-19-22(26)24-20(5-2)23-21(25)6-3/h20-21,23,25H,4-19H2,1-3H3,(H,24,26). The van der Waals surface area contributed by atoms with E-state index < -0.39 is 6.23 Å². The highest BCUT2D eigenvalue weighted by Gasteiger charge is 2.12. The molecule has 0 aromatic heterocycles. The molecule has 0 spiro atoms. The molecule has 0 aliphatic carbocycles. The molecule has 0 fully saturated rings. The van der Waals surface area contributed by atoms with E-state index in [9.17, 15) is 9.90 Å². The fourth-order valence-electron chi connectivity index (χ4n) is 3.18. The summed E-state index contributed by atoms with van der Waals surface area (Å²) >= 11 is 0. The first-order valence-electron chi connectivity index (χ1n) is 11.4. The Bertz CT molecular complexity index is 311. The van der Waals surface area contributed by atoms with Gasteiger partial charge in [-0.15, -0.1) is 0 Å². The minimum absolute atomic E-state index is 0.0933. The van der Waals surface area contributed by atoms with E-state index in [1.54, 1.807) is 0 Å². The molecule has 4 nitrogen and oxygen atoms in total. The first kappa shape index (κ1) is 25.4. The second-order valence-corrected chi connectivity index (χ2v) is 7.61. The van der Waals surface area contributed by atoms with E-state index in [0.29, 0.717) is 12.8 Å². The highest BCUT2D eigenvalue weighted by atomic mass is 16.3.